The smallest absolute Gasteiger partial charge is 0.167 e. The molecular formula is C18H19NO2. The Morgan fingerprint density at radius 1 is 1.00 bits per heavy atom. The summed E-state index contributed by atoms with van der Waals surface area (Å²) in [7, 11) is 0. The fraction of sp³-hybridized carbons (Fsp3) is 0.222. The van der Waals surface area contributed by atoms with Crippen molar-refractivity contribution in [1.82, 2.24) is 0 Å². The summed E-state index contributed by atoms with van der Waals surface area (Å²) in [5, 5.41) is 0. The molecule has 21 heavy (non-hydrogen) atoms. The molecule has 2 aromatic rings. The third kappa shape index (κ3) is 4.27. The lowest BCUT2D eigenvalue weighted by Gasteiger charge is -2.13. The van der Waals surface area contributed by atoms with E-state index in [-0.39, 0.29) is 0 Å². The van der Waals surface area contributed by atoms with Crippen molar-refractivity contribution < 1.29 is 9.47 Å². The van der Waals surface area contributed by atoms with E-state index in [4.69, 9.17) is 15.2 Å². The van der Waals surface area contributed by atoms with Crippen molar-refractivity contribution in [2.24, 2.45) is 5.73 Å². The number of hydrogen-bond acceptors (Lipinski definition) is 3. The molecule has 0 heterocycles. The molecule has 2 N–H and O–H groups in total. The zero-order valence-electron chi connectivity index (χ0n) is 12.1. The van der Waals surface area contributed by atoms with E-state index in [2.05, 4.69) is 11.8 Å². The van der Waals surface area contributed by atoms with Crippen LogP contribution in [0, 0.1) is 11.8 Å². The molecule has 0 aromatic heterocycles. The van der Waals surface area contributed by atoms with E-state index in [9.17, 15) is 0 Å². The standard InChI is InChI=1S/C18H19NO2/c1-2-20-17-12-6-11-16(14-19)18(17)21-13-7-10-15-8-4-3-5-9-15/h3-6,8-9,11-12H,2,13-14,19H2,1H3. The summed E-state index contributed by atoms with van der Waals surface area (Å²) in [6.07, 6.45) is 0. The van der Waals surface area contributed by atoms with E-state index in [0.717, 1.165) is 11.1 Å². The van der Waals surface area contributed by atoms with E-state index in [1.807, 2.05) is 55.5 Å². The van der Waals surface area contributed by atoms with Crippen LogP contribution in [-0.4, -0.2) is 13.2 Å². The molecule has 0 aliphatic carbocycles. The first-order valence-corrected chi connectivity index (χ1v) is 6.96. The van der Waals surface area contributed by atoms with Gasteiger partial charge < -0.3 is 15.2 Å². The molecule has 0 unspecified atom stereocenters. The molecule has 0 aliphatic rings. The second-order valence-electron chi connectivity index (χ2n) is 4.34. The van der Waals surface area contributed by atoms with Crippen LogP contribution in [0.1, 0.15) is 18.1 Å². The molecule has 0 amide bonds. The number of rotatable bonds is 5. The van der Waals surface area contributed by atoms with Crippen LogP contribution >= 0.6 is 0 Å². The van der Waals surface area contributed by atoms with E-state index < -0.39 is 0 Å². The highest BCUT2D eigenvalue weighted by Gasteiger charge is 2.09. The summed E-state index contributed by atoms with van der Waals surface area (Å²) >= 11 is 0. The first-order chi connectivity index (χ1) is 10.3. The zero-order chi connectivity index (χ0) is 14.9. The van der Waals surface area contributed by atoms with Crippen LogP contribution in [0.5, 0.6) is 11.5 Å². The van der Waals surface area contributed by atoms with Gasteiger partial charge in [0.25, 0.3) is 0 Å². The summed E-state index contributed by atoms with van der Waals surface area (Å²) in [5.74, 6) is 7.45. The van der Waals surface area contributed by atoms with Gasteiger partial charge in [0.15, 0.2) is 11.5 Å². The zero-order valence-corrected chi connectivity index (χ0v) is 12.1. The van der Waals surface area contributed by atoms with Gasteiger partial charge in [-0.3, -0.25) is 0 Å². The van der Waals surface area contributed by atoms with Crippen molar-refractivity contribution in [3.05, 3.63) is 59.7 Å². The van der Waals surface area contributed by atoms with E-state index >= 15 is 0 Å². The summed E-state index contributed by atoms with van der Waals surface area (Å²) in [5.41, 5.74) is 7.63. The van der Waals surface area contributed by atoms with Gasteiger partial charge in [0, 0.05) is 17.7 Å². The number of benzene rings is 2. The highest BCUT2D eigenvalue weighted by Crippen LogP contribution is 2.31. The van der Waals surface area contributed by atoms with Crippen molar-refractivity contribution in [3.8, 4) is 23.3 Å². The lowest BCUT2D eigenvalue weighted by Crippen LogP contribution is -2.05. The van der Waals surface area contributed by atoms with Crippen LogP contribution in [0.25, 0.3) is 0 Å². The van der Waals surface area contributed by atoms with Gasteiger partial charge >= 0.3 is 0 Å². The number of hydrogen-bond donors (Lipinski definition) is 1. The Hall–Kier alpha value is -2.44. The molecule has 3 nitrogen and oxygen atoms in total. The molecule has 2 aromatic carbocycles. The number of ether oxygens (including phenoxy) is 2. The highest BCUT2D eigenvalue weighted by molar-refractivity contribution is 5.47. The van der Waals surface area contributed by atoms with Gasteiger partial charge in [-0.2, -0.15) is 0 Å². The van der Waals surface area contributed by atoms with Crippen molar-refractivity contribution in [1.29, 1.82) is 0 Å². The Kier molecular flexibility index (Phi) is 5.69. The topological polar surface area (TPSA) is 44.5 Å². The van der Waals surface area contributed by atoms with Crippen LogP contribution in [0.4, 0.5) is 0 Å². The van der Waals surface area contributed by atoms with Crippen molar-refractivity contribution in [2.45, 2.75) is 13.5 Å². The van der Waals surface area contributed by atoms with E-state index in [1.54, 1.807) is 0 Å². The molecule has 0 bridgehead atoms. The van der Waals surface area contributed by atoms with Crippen LogP contribution in [0.15, 0.2) is 48.5 Å². The van der Waals surface area contributed by atoms with Gasteiger partial charge in [0.2, 0.25) is 0 Å². The highest BCUT2D eigenvalue weighted by atomic mass is 16.5. The predicted octanol–water partition coefficient (Wildman–Crippen LogP) is 2.97. The minimum Gasteiger partial charge on any atom is -0.490 e. The predicted molar refractivity (Wildman–Crippen MR) is 84.3 cm³/mol. The van der Waals surface area contributed by atoms with Crippen LogP contribution in [0.2, 0.25) is 0 Å². The first-order valence-electron chi connectivity index (χ1n) is 6.96. The molecule has 3 heteroatoms. The molecule has 0 aliphatic heterocycles. The molecule has 0 saturated heterocycles. The Labute approximate surface area is 125 Å². The molecule has 0 fully saturated rings. The Balaban J connectivity index is 2.07. The molecule has 0 saturated carbocycles. The van der Waals surface area contributed by atoms with Crippen molar-refractivity contribution >= 4 is 0 Å². The van der Waals surface area contributed by atoms with Crippen LogP contribution in [0.3, 0.4) is 0 Å². The van der Waals surface area contributed by atoms with Gasteiger partial charge in [0.1, 0.15) is 6.61 Å². The fourth-order valence-corrected chi connectivity index (χ4v) is 1.92. The monoisotopic (exact) mass is 281 g/mol. The third-order valence-corrected chi connectivity index (χ3v) is 2.88. The minimum absolute atomic E-state index is 0.298. The fourth-order valence-electron chi connectivity index (χ4n) is 1.92. The summed E-state index contributed by atoms with van der Waals surface area (Å²) < 4.78 is 11.3. The molecule has 2 rings (SSSR count). The summed E-state index contributed by atoms with van der Waals surface area (Å²) in [6.45, 7) is 3.22. The van der Waals surface area contributed by atoms with Crippen molar-refractivity contribution in [3.63, 3.8) is 0 Å². The van der Waals surface area contributed by atoms with Crippen molar-refractivity contribution in [2.75, 3.05) is 13.2 Å². The van der Waals surface area contributed by atoms with Gasteiger partial charge in [-0.15, -0.1) is 0 Å². The maximum atomic E-state index is 5.75. The summed E-state index contributed by atoms with van der Waals surface area (Å²) in [6, 6.07) is 15.5. The average molecular weight is 281 g/mol. The second-order valence-corrected chi connectivity index (χ2v) is 4.34. The molecular weight excluding hydrogens is 262 g/mol. The average Bonchev–Trinajstić information content (AvgIpc) is 2.53. The lowest BCUT2D eigenvalue weighted by molar-refractivity contribution is 0.297. The second kappa shape index (κ2) is 7.98. The van der Waals surface area contributed by atoms with Gasteiger partial charge in [-0.05, 0) is 25.1 Å². The summed E-state index contributed by atoms with van der Waals surface area (Å²) in [4.78, 5) is 0. The normalized spacial score (nSPS) is 9.62. The van der Waals surface area contributed by atoms with Crippen LogP contribution < -0.4 is 15.2 Å². The lowest BCUT2D eigenvalue weighted by atomic mass is 10.2. The maximum absolute atomic E-state index is 5.75. The number of para-hydroxylation sites is 1. The van der Waals surface area contributed by atoms with Gasteiger partial charge in [0.05, 0.1) is 6.61 Å². The maximum Gasteiger partial charge on any atom is 0.167 e. The minimum atomic E-state index is 0.298. The quantitative estimate of drug-likeness (QED) is 0.857. The molecule has 0 atom stereocenters. The number of nitrogens with two attached hydrogens (primary N) is 1. The Morgan fingerprint density at radius 3 is 2.52 bits per heavy atom. The van der Waals surface area contributed by atoms with Gasteiger partial charge in [-0.1, -0.05) is 42.2 Å². The third-order valence-electron chi connectivity index (χ3n) is 2.88. The molecule has 108 valence electrons. The van der Waals surface area contributed by atoms with Gasteiger partial charge in [-0.25, -0.2) is 0 Å². The molecule has 0 radical (unpaired) electrons. The first kappa shape index (κ1) is 15.0. The Bertz CT molecular complexity index is 627. The largest absolute Gasteiger partial charge is 0.490 e. The van der Waals surface area contributed by atoms with Crippen LogP contribution in [-0.2, 0) is 6.54 Å². The SMILES string of the molecule is CCOc1cccc(CN)c1OCC#Cc1ccccc1. The van der Waals surface area contributed by atoms with E-state index in [1.165, 1.54) is 0 Å². The Morgan fingerprint density at radius 2 is 1.81 bits per heavy atom. The molecule has 0 spiro atoms. The van der Waals surface area contributed by atoms with E-state index in [0.29, 0.717) is 31.3 Å².